The summed E-state index contributed by atoms with van der Waals surface area (Å²) in [7, 11) is 1.91. The van der Waals surface area contributed by atoms with Crippen molar-refractivity contribution in [3.63, 3.8) is 0 Å². The predicted octanol–water partition coefficient (Wildman–Crippen LogP) is 1.46. The van der Waals surface area contributed by atoms with Crippen LogP contribution in [-0.4, -0.2) is 44.9 Å². The van der Waals surface area contributed by atoms with Crippen molar-refractivity contribution in [3.05, 3.63) is 35.7 Å². The first-order chi connectivity index (χ1) is 12.2. The van der Waals surface area contributed by atoms with Gasteiger partial charge in [-0.2, -0.15) is 5.10 Å². The summed E-state index contributed by atoms with van der Waals surface area (Å²) in [6.07, 6.45) is 10.4. The molecule has 0 saturated carbocycles. The minimum atomic E-state index is -0.0283. The van der Waals surface area contributed by atoms with Crippen LogP contribution < -0.4 is 10.6 Å². The highest BCUT2D eigenvalue weighted by Gasteiger charge is 2.34. The van der Waals surface area contributed by atoms with E-state index in [0.717, 1.165) is 43.7 Å². The van der Waals surface area contributed by atoms with E-state index < -0.39 is 0 Å². The first kappa shape index (κ1) is 21.7. The number of halogens is 2. The van der Waals surface area contributed by atoms with Crippen LogP contribution in [0.3, 0.4) is 0 Å². The van der Waals surface area contributed by atoms with E-state index in [1.807, 2.05) is 19.4 Å². The molecule has 0 aliphatic carbocycles. The molecule has 4 rings (SSSR count). The van der Waals surface area contributed by atoms with Gasteiger partial charge in [0.05, 0.1) is 17.8 Å². The summed E-state index contributed by atoms with van der Waals surface area (Å²) in [5.74, 6) is 1.50. The molecular formula is C18H28Cl2N6O. The Labute approximate surface area is 172 Å². The molecule has 1 fully saturated rings. The highest BCUT2D eigenvalue weighted by Crippen LogP contribution is 2.27. The molecule has 27 heavy (non-hydrogen) atoms. The first-order valence-electron chi connectivity index (χ1n) is 9.22. The molecule has 2 atom stereocenters. The quantitative estimate of drug-likeness (QED) is 0.776. The number of rotatable bonds is 5. The van der Waals surface area contributed by atoms with E-state index in [0.29, 0.717) is 6.54 Å². The Morgan fingerprint density at radius 2 is 2.15 bits per heavy atom. The Morgan fingerprint density at radius 3 is 2.89 bits per heavy atom. The van der Waals surface area contributed by atoms with E-state index in [1.54, 1.807) is 4.68 Å². The Hall–Kier alpha value is -1.57. The molecule has 0 bridgehead atoms. The van der Waals surface area contributed by atoms with Crippen LogP contribution in [0.25, 0.3) is 0 Å². The number of imidazole rings is 1. The van der Waals surface area contributed by atoms with E-state index in [2.05, 4.69) is 26.5 Å². The van der Waals surface area contributed by atoms with Gasteiger partial charge in [-0.3, -0.25) is 9.48 Å². The second kappa shape index (κ2) is 9.57. The van der Waals surface area contributed by atoms with E-state index in [9.17, 15) is 4.79 Å². The number of carbonyl (C=O) groups excluding carboxylic acids is 1. The highest BCUT2D eigenvalue weighted by atomic mass is 35.5. The highest BCUT2D eigenvalue weighted by molar-refractivity contribution is 5.85. The molecule has 4 heterocycles. The van der Waals surface area contributed by atoms with Gasteiger partial charge >= 0.3 is 0 Å². The number of aryl methyl sites for hydroxylation is 3. The van der Waals surface area contributed by atoms with Gasteiger partial charge in [-0.05, 0) is 18.4 Å². The normalized spacial score (nSPS) is 21.1. The van der Waals surface area contributed by atoms with Crippen LogP contribution in [0.5, 0.6) is 0 Å². The van der Waals surface area contributed by atoms with Gasteiger partial charge < -0.3 is 15.2 Å². The fourth-order valence-corrected chi connectivity index (χ4v) is 3.97. The maximum absolute atomic E-state index is 12.6. The number of amides is 1. The van der Waals surface area contributed by atoms with Crippen LogP contribution in [0.15, 0.2) is 18.6 Å². The maximum Gasteiger partial charge on any atom is 0.225 e. The SMILES string of the molecule is Cl.Cl.Cn1cc([C@H]2CNC[C@@H]2C(=O)NCCc2cn3c(n2)CCCC3)cn1. The molecule has 150 valence electrons. The third-order valence-electron chi connectivity index (χ3n) is 5.34. The standard InChI is InChI=1S/C18H26N6O.2ClH/c1-23-11-13(8-21-23)15-9-19-10-16(15)18(25)20-6-5-14-12-24-7-3-2-4-17(24)22-14;;/h8,11-12,15-16,19H,2-7,9-10H2,1H3,(H,20,25);2*1H/t15-,16+;;/m1../s1. The molecule has 0 unspecified atom stereocenters. The molecule has 9 heteroatoms. The zero-order valence-corrected chi connectivity index (χ0v) is 17.2. The molecule has 0 spiro atoms. The van der Waals surface area contributed by atoms with Crippen molar-refractivity contribution in [3.8, 4) is 0 Å². The predicted molar refractivity (Wildman–Crippen MR) is 109 cm³/mol. The number of fused-ring (bicyclic) bond motifs is 1. The van der Waals surface area contributed by atoms with Crippen LogP contribution in [0, 0.1) is 5.92 Å². The van der Waals surface area contributed by atoms with Gasteiger partial charge in [0.25, 0.3) is 0 Å². The molecule has 2 aliphatic heterocycles. The second-order valence-electron chi connectivity index (χ2n) is 7.16. The molecule has 2 aliphatic rings. The van der Waals surface area contributed by atoms with Crippen molar-refractivity contribution in [2.24, 2.45) is 13.0 Å². The van der Waals surface area contributed by atoms with Crippen LogP contribution in [0.4, 0.5) is 0 Å². The summed E-state index contributed by atoms with van der Waals surface area (Å²) < 4.78 is 4.06. The van der Waals surface area contributed by atoms with Gasteiger partial charge in [-0.15, -0.1) is 24.8 Å². The fraction of sp³-hybridized carbons (Fsp3) is 0.611. The molecule has 0 radical (unpaired) electrons. The minimum absolute atomic E-state index is 0. The van der Waals surface area contributed by atoms with Crippen molar-refractivity contribution in [2.45, 2.75) is 38.1 Å². The van der Waals surface area contributed by atoms with Crippen LogP contribution in [0.1, 0.15) is 35.8 Å². The molecule has 2 N–H and O–H groups in total. The average molecular weight is 415 g/mol. The molecule has 1 saturated heterocycles. The topological polar surface area (TPSA) is 76.8 Å². The van der Waals surface area contributed by atoms with E-state index in [1.165, 1.54) is 18.7 Å². The number of hydrogen-bond acceptors (Lipinski definition) is 4. The lowest BCUT2D eigenvalue weighted by molar-refractivity contribution is -0.124. The fourth-order valence-electron chi connectivity index (χ4n) is 3.97. The molecular weight excluding hydrogens is 387 g/mol. The van der Waals surface area contributed by atoms with Gasteiger partial charge in [-0.1, -0.05) is 0 Å². The van der Waals surface area contributed by atoms with Crippen LogP contribution >= 0.6 is 24.8 Å². The summed E-state index contributed by atoms with van der Waals surface area (Å²) in [5.41, 5.74) is 2.22. The largest absolute Gasteiger partial charge is 0.355 e. The Bertz CT molecular complexity index is 735. The first-order valence-corrected chi connectivity index (χ1v) is 9.22. The van der Waals surface area contributed by atoms with Gasteiger partial charge in [0.1, 0.15) is 5.82 Å². The monoisotopic (exact) mass is 414 g/mol. The maximum atomic E-state index is 12.6. The second-order valence-corrected chi connectivity index (χ2v) is 7.16. The smallest absolute Gasteiger partial charge is 0.225 e. The van der Waals surface area contributed by atoms with Gasteiger partial charge in [0, 0.05) is 64.4 Å². The van der Waals surface area contributed by atoms with Crippen LogP contribution in [0.2, 0.25) is 0 Å². The molecule has 2 aromatic heterocycles. The Kier molecular flexibility index (Phi) is 7.70. The Balaban J connectivity index is 0.00000131. The summed E-state index contributed by atoms with van der Waals surface area (Å²) >= 11 is 0. The van der Waals surface area contributed by atoms with Gasteiger partial charge in [-0.25, -0.2) is 4.98 Å². The zero-order valence-electron chi connectivity index (χ0n) is 15.6. The van der Waals surface area contributed by atoms with Crippen molar-refractivity contribution in [1.82, 2.24) is 30.0 Å². The van der Waals surface area contributed by atoms with E-state index >= 15 is 0 Å². The van der Waals surface area contributed by atoms with E-state index in [4.69, 9.17) is 4.98 Å². The van der Waals surface area contributed by atoms with Crippen molar-refractivity contribution in [1.29, 1.82) is 0 Å². The molecule has 0 aromatic carbocycles. The van der Waals surface area contributed by atoms with Crippen LogP contribution in [-0.2, 0) is 31.2 Å². The number of nitrogens with one attached hydrogen (secondary N) is 2. The third-order valence-corrected chi connectivity index (χ3v) is 5.34. The number of aromatic nitrogens is 4. The zero-order chi connectivity index (χ0) is 17.2. The number of nitrogens with zero attached hydrogens (tertiary/aromatic N) is 4. The Morgan fingerprint density at radius 1 is 1.30 bits per heavy atom. The molecule has 7 nitrogen and oxygen atoms in total. The van der Waals surface area contributed by atoms with E-state index in [-0.39, 0.29) is 42.6 Å². The summed E-state index contributed by atoms with van der Waals surface area (Å²) in [5, 5.41) is 10.7. The number of carbonyl (C=O) groups is 1. The van der Waals surface area contributed by atoms with Crippen molar-refractivity contribution >= 4 is 30.7 Å². The van der Waals surface area contributed by atoms with Gasteiger partial charge in [0.2, 0.25) is 5.91 Å². The average Bonchev–Trinajstić information content (AvgIpc) is 3.32. The lowest BCUT2D eigenvalue weighted by atomic mass is 9.90. The summed E-state index contributed by atoms with van der Waals surface area (Å²) in [6, 6.07) is 0. The minimum Gasteiger partial charge on any atom is -0.355 e. The summed E-state index contributed by atoms with van der Waals surface area (Å²) in [6.45, 7) is 3.28. The van der Waals surface area contributed by atoms with Crippen molar-refractivity contribution < 1.29 is 4.79 Å². The number of hydrogen-bond donors (Lipinski definition) is 2. The molecule has 2 aromatic rings. The third kappa shape index (κ3) is 4.83. The molecule has 1 amide bonds. The van der Waals surface area contributed by atoms with Gasteiger partial charge in [0.15, 0.2) is 0 Å². The lowest BCUT2D eigenvalue weighted by Crippen LogP contribution is -2.35. The summed E-state index contributed by atoms with van der Waals surface area (Å²) in [4.78, 5) is 17.3. The van der Waals surface area contributed by atoms with Crippen molar-refractivity contribution in [2.75, 3.05) is 19.6 Å². The lowest BCUT2D eigenvalue weighted by Gasteiger charge is -2.16.